The Morgan fingerprint density at radius 3 is 2.88 bits per heavy atom. The van der Waals surface area contributed by atoms with Gasteiger partial charge < -0.3 is 9.64 Å². The number of ether oxygens (including phenoxy) is 1. The zero-order valence-corrected chi connectivity index (χ0v) is 14.2. The van der Waals surface area contributed by atoms with Gasteiger partial charge in [0.25, 0.3) is 0 Å². The molecule has 24 heavy (non-hydrogen) atoms. The molecule has 124 valence electrons. The Bertz CT molecular complexity index is 770. The van der Waals surface area contributed by atoms with E-state index in [1.165, 1.54) is 6.08 Å². The summed E-state index contributed by atoms with van der Waals surface area (Å²) in [6.07, 6.45) is 2.16. The van der Waals surface area contributed by atoms with Crippen molar-refractivity contribution in [2.45, 2.75) is 32.9 Å². The molecule has 2 heterocycles. The second-order valence-electron chi connectivity index (χ2n) is 6.14. The lowest BCUT2D eigenvalue weighted by Gasteiger charge is -2.35. The van der Waals surface area contributed by atoms with Crippen LogP contribution in [0.1, 0.15) is 22.5 Å². The smallest absolute Gasteiger partial charge is 0.246 e. The molecule has 2 aromatic rings. The number of carbonyl (C=O) groups excluding carboxylic acids is 1. The fraction of sp³-hybridized carbons (Fsp3) is 0.300. The summed E-state index contributed by atoms with van der Waals surface area (Å²) in [6.45, 7) is 8.61. The van der Waals surface area contributed by atoms with Crippen LogP contribution >= 0.6 is 0 Å². The molecule has 0 saturated carbocycles. The maximum absolute atomic E-state index is 12.4. The molecule has 0 saturated heterocycles. The first kappa shape index (κ1) is 16.2. The second-order valence-corrected chi connectivity index (χ2v) is 6.14. The van der Waals surface area contributed by atoms with Crippen molar-refractivity contribution in [2.24, 2.45) is 0 Å². The number of pyridine rings is 1. The second kappa shape index (κ2) is 6.87. The SMILES string of the molecule is C=CC(=O)N(Cc1ccc(C)nc1C)C1COc2ccccc2C1. The highest BCUT2D eigenvalue weighted by molar-refractivity contribution is 5.87. The molecule has 1 aromatic carbocycles. The molecule has 1 aliphatic heterocycles. The summed E-state index contributed by atoms with van der Waals surface area (Å²) >= 11 is 0. The number of aryl methyl sites for hydroxylation is 2. The standard InChI is InChI=1S/C20H22N2O2/c1-4-20(23)22(12-17-10-9-14(2)21-15(17)3)18-11-16-7-5-6-8-19(16)24-13-18/h4-10,18H,1,11-13H2,2-3H3. The van der Waals surface area contributed by atoms with Crippen molar-refractivity contribution in [2.75, 3.05) is 6.61 Å². The molecule has 1 amide bonds. The Kier molecular flexibility index (Phi) is 4.65. The van der Waals surface area contributed by atoms with E-state index >= 15 is 0 Å². The molecule has 0 radical (unpaired) electrons. The van der Waals surface area contributed by atoms with Gasteiger partial charge in [0.05, 0.1) is 6.04 Å². The predicted octanol–water partition coefficient (Wildman–Crippen LogP) is 3.22. The predicted molar refractivity (Wildman–Crippen MR) is 93.9 cm³/mol. The van der Waals surface area contributed by atoms with E-state index < -0.39 is 0 Å². The van der Waals surface area contributed by atoms with Crippen LogP contribution in [-0.2, 0) is 17.8 Å². The van der Waals surface area contributed by atoms with Crippen LogP contribution in [0.2, 0.25) is 0 Å². The number of carbonyl (C=O) groups is 1. The fourth-order valence-corrected chi connectivity index (χ4v) is 3.08. The van der Waals surface area contributed by atoms with Crippen molar-refractivity contribution in [1.82, 2.24) is 9.88 Å². The highest BCUT2D eigenvalue weighted by atomic mass is 16.5. The largest absolute Gasteiger partial charge is 0.491 e. The number of hydrogen-bond acceptors (Lipinski definition) is 3. The van der Waals surface area contributed by atoms with Gasteiger partial charge in [-0.25, -0.2) is 0 Å². The van der Waals surface area contributed by atoms with Gasteiger partial charge in [-0.05, 0) is 49.6 Å². The summed E-state index contributed by atoms with van der Waals surface area (Å²) in [7, 11) is 0. The first-order valence-electron chi connectivity index (χ1n) is 8.15. The number of para-hydroxylation sites is 1. The maximum Gasteiger partial charge on any atom is 0.246 e. The van der Waals surface area contributed by atoms with Gasteiger partial charge in [0.15, 0.2) is 0 Å². The van der Waals surface area contributed by atoms with Gasteiger partial charge in [-0.15, -0.1) is 0 Å². The Labute approximate surface area is 142 Å². The Balaban J connectivity index is 1.85. The van der Waals surface area contributed by atoms with Crippen LogP contribution in [0.4, 0.5) is 0 Å². The van der Waals surface area contributed by atoms with E-state index in [1.54, 1.807) is 0 Å². The van der Waals surface area contributed by atoms with Crippen LogP contribution in [0.25, 0.3) is 0 Å². The number of hydrogen-bond donors (Lipinski definition) is 0. The van der Waals surface area contributed by atoms with E-state index in [4.69, 9.17) is 4.74 Å². The zero-order valence-electron chi connectivity index (χ0n) is 14.2. The lowest BCUT2D eigenvalue weighted by Crippen LogP contribution is -2.45. The van der Waals surface area contributed by atoms with Gasteiger partial charge in [0.2, 0.25) is 5.91 Å². The molecular formula is C20H22N2O2. The number of nitrogens with zero attached hydrogens (tertiary/aromatic N) is 2. The summed E-state index contributed by atoms with van der Waals surface area (Å²) in [6, 6.07) is 12.0. The molecule has 0 aliphatic carbocycles. The van der Waals surface area contributed by atoms with E-state index in [0.717, 1.165) is 34.7 Å². The van der Waals surface area contributed by atoms with Crippen LogP contribution in [0.15, 0.2) is 49.1 Å². The minimum Gasteiger partial charge on any atom is -0.491 e. The fourth-order valence-electron chi connectivity index (χ4n) is 3.08. The first-order chi connectivity index (χ1) is 11.6. The average Bonchev–Trinajstić information content (AvgIpc) is 2.60. The third-order valence-electron chi connectivity index (χ3n) is 4.43. The van der Waals surface area contributed by atoms with Gasteiger partial charge in [-0.1, -0.05) is 30.8 Å². The van der Waals surface area contributed by atoms with Crippen LogP contribution < -0.4 is 4.74 Å². The lowest BCUT2D eigenvalue weighted by molar-refractivity contribution is -0.129. The molecule has 1 unspecified atom stereocenters. The Morgan fingerprint density at radius 1 is 1.33 bits per heavy atom. The highest BCUT2D eigenvalue weighted by Gasteiger charge is 2.28. The van der Waals surface area contributed by atoms with Gasteiger partial charge >= 0.3 is 0 Å². The normalized spacial score (nSPS) is 16.0. The van der Waals surface area contributed by atoms with Crippen molar-refractivity contribution in [3.05, 3.63) is 71.6 Å². The van der Waals surface area contributed by atoms with Gasteiger partial charge in [-0.3, -0.25) is 9.78 Å². The van der Waals surface area contributed by atoms with Crippen LogP contribution in [0.3, 0.4) is 0 Å². The number of rotatable bonds is 4. The summed E-state index contributed by atoms with van der Waals surface area (Å²) in [4.78, 5) is 18.8. The van der Waals surface area contributed by atoms with Crippen molar-refractivity contribution in [3.8, 4) is 5.75 Å². The molecule has 0 spiro atoms. The van der Waals surface area contributed by atoms with Crippen molar-refractivity contribution in [3.63, 3.8) is 0 Å². The molecule has 3 rings (SSSR count). The molecule has 4 heteroatoms. The summed E-state index contributed by atoms with van der Waals surface area (Å²) in [5.41, 5.74) is 4.12. The topological polar surface area (TPSA) is 42.4 Å². The molecule has 0 fully saturated rings. The monoisotopic (exact) mass is 322 g/mol. The third kappa shape index (κ3) is 3.32. The summed E-state index contributed by atoms with van der Waals surface area (Å²) < 4.78 is 5.85. The molecule has 4 nitrogen and oxygen atoms in total. The van der Waals surface area contributed by atoms with Crippen molar-refractivity contribution >= 4 is 5.91 Å². The molecule has 0 bridgehead atoms. The molecule has 1 atom stereocenters. The molecule has 1 aromatic heterocycles. The van der Waals surface area contributed by atoms with Crippen molar-refractivity contribution in [1.29, 1.82) is 0 Å². The highest BCUT2D eigenvalue weighted by Crippen LogP contribution is 2.27. The van der Waals surface area contributed by atoms with E-state index in [0.29, 0.717) is 13.2 Å². The van der Waals surface area contributed by atoms with Gasteiger partial charge in [-0.2, -0.15) is 0 Å². The average molecular weight is 322 g/mol. The maximum atomic E-state index is 12.4. The molecule has 1 aliphatic rings. The Morgan fingerprint density at radius 2 is 2.12 bits per heavy atom. The molecule has 0 N–H and O–H groups in total. The van der Waals surface area contributed by atoms with Crippen LogP contribution in [0, 0.1) is 13.8 Å². The number of benzene rings is 1. The van der Waals surface area contributed by atoms with Crippen LogP contribution in [-0.4, -0.2) is 28.4 Å². The van der Waals surface area contributed by atoms with E-state index in [2.05, 4.69) is 17.6 Å². The lowest BCUT2D eigenvalue weighted by atomic mass is 10.0. The van der Waals surface area contributed by atoms with Crippen LogP contribution in [0.5, 0.6) is 5.75 Å². The molecular weight excluding hydrogens is 300 g/mol. The van der Waals surface area contributed by atoms with E-state index in [9.17, 15) is 4.79 Å². The van der Waals surface area contributed by atoms with Gasteiger partial charge in [0, 0.05) is 17.9 Å². The van der Waals surface area contributed by atoms with E-state index in [-0.39, 0.29) is 11.9 Å². The third-order valence-corrected chi connectivity index (χ3v) is 4.43. The minimum absolute atomic E-state index is 0.00824. The summed E-state index contributed by atoms with van der Waals surface area (Å²) in [5, 5.41) is 0. The quantitative estimate of drug-likeness (QED) is 0.812. The van der Waals surface area contributed by atoms with E-state index in [1.807, 2.05) is 49.1 Å². The number of aromatic nitrogens is 1. The van der Waals surface area contributed by atoms with Gasteiger partial charge in [0.1, 0.15) is 12.4 Å². The Hall–Kier alpha value is -2.62. The first-order valence-corrected chi connectivity index (χ1v) is 8.15. The van der Waals surface area contributed by atoms with Crippen molar-refractivity contribution < 1.29 is 9.53 Å². The number of amides is 1. The summed E-state index contributed by atoms with van der Waals surface area (Å²) in [5.74, 6) is 0.830. The number of fused-ring (bicyclic) bond motifs is 1. The minimum atomic E-state index is -0.0806. The zero-order chi connectivity index (χ0) is 17.1.